The number of hydrogen-bond donors (Lipinski definition) is 1. The molecule has 0 spiro atoms. The van der Waals surface area contributed by atoms with Crippen molar-refractivity contribution in [1.82, 2.24) is 14.8 Å². The molecule has 6 heteroatoms. The van der Waals surface area contributed by atoms with Gasteiger partial charge < -0.3 is 9.64 Å². The highest BCUT2D eigenvalue weighted by atomic mass is 32.1. The molecule has 1 aromatic rings. The molecule has 1 unspecified atom stereocenters. The Morgan fingerprint density at radius 3 is 3.06 bits per heavy atom. The minimum absolute atomic E-state index is 0.323. The van der Waals surface area contributed by atoms with Crippen molar-refractivity contribution in [2.45, 2.75) is 45.3 Å². The number of likely N-dealkylation sites (N-methyl/N-ethyl adjacent to an activating group) is 1. The first kappa shape index (κ1) is 13.5. The summed E-state index contributed by atoms with van der Waals surface area (Å²) in [5.74, 6) is 0.913. The molecule has 1 fully saturated rings. The number of hydrogen-bond acceptors (Lipinski definition) is 4. The van der Waals surface area contributed by atoms with Gasteiger partial charge in [-0.1, -0.05) is 6.92 Å². The van der Waals surface area contributed by atoms with E-state index in [-0.39, 0.29) is 0 Å². The van der Waals surface area contributed by atoms with E-state index in [0.29, 0.717) is 10.9 Å². The zero-order chi connectivity index (χ0) is 13.0. The summed E-state index contributed by atoms with van der Waals surface area (Å²) in [6, 6.07) is 0. The summed E-state index contributed by atoms with van der Waals surface area (Å²) >= 11 is 5.25. The molecule has 0 aromatic carbocycles. The van der Waals surface area contributed by atoms with Crippen LogP contribution >= 0.6 is 12.2 Å². The molecule has 1 N–H and O–H groups in total. The fourth-order valence-corrected chi connectivity index (χ4v) is 2.58. The van der Waals surface area contributed by atoms with Gasteiger partial charge in [0.05, 0.1) is 6.10 Å². The maximum atomic E-state index is 5.76. The van der Waals surface area contributed by atoms with E-state index in [2.05, 4.69) is 33.6 Å². The van der Waals surface area contributed by atoms with Crippen LogP contribution < -0.4 is 4.90 Å². The lowest BCUT2D eigenvalue weighted by Gasteiger charge is -2.27. The topological polar surface area (TPSA) is 46.1 Å². The van der Waals surface area contributed by atoms with Gasteiger partial charge in [0.25, 0.3) is 0 Å². The van der Waals surface area contributed by atoms with Gasteiger partial charge in [0, 0.05) is 26.7 Å². The molecule has 1 atom stereocenters. The van der Waals surface area contributed by atoms with Gasteiger partial charge in [0.2, 0.25) is 5.95 Å². The first-order valence-corrected chi connectivity index (χ1v) is 7.11. The number of nitrogens with one attached hydrogen (secondary N) is 1. The summed E-state index contributed by atoms with van der Waals surface area (Å²) in [4.78, 5) is 2.14. The van der Waals surface area contributed by atoms with Crippen molar-refractivity contribution in [1.29, 1.82) is 0 Å². The highest BCUT2D eigenvalue weighted by Crippen LogP contribution is 2.17. The lowest BCUT2D eigenvalue weighted by atomic mass is 10.1. The first-order chi connectivity index (χ1) is 8.72. The van der Waals surface area contributed by atoms with Crippen LogP contribution in [0.5, 0.6) is 0 Å². The summed E-state index contributed by atoms with van der Waals surface area (Å²) in [6.07, 6.45) is 4.97. The third-order valence-corrected chi connectivity index (χ3v) is 3.59. The fourth-order valence-electron chi connectivity index (χ4n) is 2.36. The van der Waals surface area contributed by atoms with Crippen LogP contribution in [0.3, 0.4) is 0 Å². The van der Waals surface area contributed by atoms with Crippen molar-refractivity contribution in [2.75, 3.05) is 25.1 Å². The van der Waals surface area contributed by atoms with Crippen LogP contribution in [0.15, 0.2) is 0 Å². The highest BCUT2D eigenvalue weighted by molar-refractivity contribution is 7.71. The van der Waals surface area contributed by atoms with Gasteiger partial charge in [0.1, 0.15) is 0 Å². The lowest BCUT2D eigenvalue weighted by Crippen LogP contribution is -2.34. The van der Waals surface area contributed by atoms with Gasteiger partial charge in [-0.2, -0.15) is 0 Å². The molecule has 1 aliphatic rings. The van der Waals surface area contributed by atoms with Crippen molar-refractivity contribution in [3.05, 3.63) is 4.77 Å². The number of aromatic amines is 1. The average molecular weight is 270 g/mol. The van der Waals surface area contributed by atoms with Crippen LogP contribution in [-0.2, 0) is 11.3 Å². The Morgan fingerprint density at radius 2 is 2.39 bits per heavy atom. The lowest BCUT2D eigenvalue weighted by molar-refractivity contribution is 0.0214. The van der Waals surface area contributed by atoms with Gasteiger partial charge >= 0.3 is 0 Å². The predicted octanol–water partition coefficient (Wildman–Crippen LogP) is 2.36. The molecule has 1 aromatic heterocycles. The summed E-state index contributed by atoms with van der Waals surface area (Å²) in [5.41, 5.74) is 0. The van der Waals surface area contributed by atoms with Gasteiger partial charge in [-0.3, -0.25) is 4.57 Å². The van der Waals surface area contributed by atoms with E-state index in [4.69, 9.17) is 17.0 Å². The summed E-state index contributed by atoms with van der Waals surface area (Å²) in [7, 11) is 2.05. The van der Waals surface area contributed by atoms with E-state index >= 15 is 0 Å². The van der Waals surface area contributed by atoms with Gasteiger partial charge in [-0.05, 0) is 37.9 Å². The number of ether oxygens (including phenoxy) is 1. The van der Waals surface area contributed by atoms with Crippen molar-refractivity contribution >= 4 is 18.2 Å². The Kier molecular flexibility index (Phi) is 4.77. The van der Waals surface area contributed by atoms with Crippen molar-refractivity contribution < 1.29 is 4.74 Å². The van der Waals surface area contributed by atoms with Gasteiger partial charge in [-0.15, -0.1) is 5.10 Å². The second-order valence-corrected chi connectivity index (χ2v) is 5.24. The smallest absolute Gasteiger partial charge is 0.225 e. The monoisotopic (exact) mass is 270 g/mol. The van der Waals surface area contributed by atoms with Crippen LogP contribution in [0.2, 0.25) is 0 Å². The Balaban J connectivity index is 2.03. The largest absolute Gasteiger partial charge is 0.376 e. The SMILES string of the molecule is CCCn1c(N(C)CC2CCCCO2)n[nH]c1=S. The second-order valence-electron chi connectivity index (χ2n) is 4.85. The van der Waals surface area contributed by atoms with E-state index in [0.717, 1.165) is 38.5 Å². The van der Waals surface area contributed by atoms with Crippen molar-refractivity contribution in [3.8, 4) is 0 Å². The molecule has 1 aliphatic heterocycles. The summed E-state index contributed by atoms with van der Waals surface area (Å²) in [6.45, 7) is 4.81. The standard InChI is InChI=1S/C12H22N4OS/c1-3-7-16-11(13-14-12(16)18)15(2)9-10-6-4-5-8-17-10/h10H,3-9H2,1-2H3,(H,14,18). The zero-order valence-electron chi connectivity index (χ0n) is 11.2. The Bertz CT molecular complexity index is 422. The second kappa shape index (κ2) is 6.33. The van der Waals surface area contributed by atoms with Crippen LogP contribution in [0, 0.1) is 4.77 Å². The highest BCUT2D eigenvalue weighted by Gasteiger charge is 2.18. The summed E-state index contributed by atoms with van der Waals surface area (Å²) < 4.78 is 8.51. The van der Waals surface area contributed by atoms with Crippen LogP contribution in [0.4, 0.5) is 5.95 Å². The minimum Gasteiger partial charge on any atom is -0.376 e. The first-order valence-electron chi connectivity index (χ1n) is 6.70. The number of nitrogens with zero attached hydrogens (tertiary/aromatic N) is 3. The van der Waals surface area contributed by atoms with E-state index < -0.39 is 0 Å². The maximum Gasteiger partial charge on any atom is 0.225 e. The average Bonchev–Trinajstić information content (AvgIpc) is 2.73. The van der Waals surface area contributed by atoms with E-state index in [1.165, 1.54) is 12.8 Å². The van der Waals surface area contributed by atoms with Crippen LogP contribution in [0.1, 0.15) is 32.6 Å². The van der Waals surface area contributed by atoms with Gasteiger partial charge in [-0.25, -0.2) is 5.10 Å². The molecule has 0 aliphatic carbocycles. The molecule has 0 radical (unpaired) electrons. The molecule has 0 amide bonds. The molecule has 2 heterocycles. The van der Waals surface area contributed by atoms with Gasteiger partial charge in [0.15, 0.2) is 4.77 Å². The van der Waals surface area contributed by atoms with Crippen molar-refractivity contribution in [2.24, 2.45) is 0 Å². The summed E-state index contributed by atoms with van der Waals surface area (Å²) in [5, 5.41) is 7.19. The molecular formula is C12H22N4OS. The molecule has 1 saturated heterocycles. The Hall–Kier alpha value is -0.880. The van der Waals surface area contributed by atoms with Crippen molar-refractivity contribution in [3.63, 3.8) is 0 Å². The normalized spacial score (nSPS) is 20.0. The number of anilines is 1. The maximum absolute atomic E-state index is 5.76. The molecule has 2 rings (SSSR count). The molecule has 102 valence electrons. The molecule has 0 saturated carbocycles. The van der Waals surface area contributed by atoms with E-state index in [9.17, 15) is 0 Å². The molecule has 5 nitrogen and oxygen atoms in total. The fraction of sp³-hybridized carbons (Fsp3) is 0.833. The Labute approximate surface area is 113 Å². The predicted molar refractivity (Wildman–Crippen MR) is 74.6 cm³/mol. The third-order valence-electron chi connectivity index (χ3n) is 3.28. The number of aromatic nitrogens is 3. The molecular weight excluding hydrogens is 248 g/mol. The molecule has 0 bridgehead atoms. The van der Waals surface area contributed by atoms with Crippen LogP contribution in [-0.4, -0.2) is 41.1 Å². The zero-order valence-corrected chi connectivity index (χ0v) is 12.0. The van der Waals surface area contributed by atoms with E-state index in [1.807, 2.05) is 0 Å². The van der Waals surface area contributed by atoms with E-state index in [1.54, 1.807) is 0 Å². The minimum atomic E-state index is 0.323. The van der Waals surface area contributed by atoms with Crippen LogP contribution in [0.25, 0.3) is 0 Å². The molecule has 18 heavy (non-hydrogen) atoms. The Morgan fingerprint density at radius 1 is 1.56 bits per heavy atom. The number of H-pyrrole nitrogens is 1. The third kappa shape index (κ3) is 3.11. The quantitative estimate of drug-likeness (QED) is 0.834. The number of rotatable bonds is 5.